The number of anilines is 1. The van der Waals surface area contributed by atoms with Crippen molar-refractivity contribution in [2.45, 2.75) is 0 Å². The quantitative estimate of drug-likeness (QED) is 0.897. The average Bonchev–Trinajstić information content (AvgIpc) is 2.46. The normalized spacial score (nSPS) is 10.2. The van der Waals surface area contributed by atoms with Gasteiger partial charge in [0, 0.05) is 13.1 Å². The summed E-state index contributed by atoms with van der Waals surface area (Å²) in [7, 11) is 1.39. The van der Waals surface area contributed by atoms with Crippen LogP contribution in [0.2, 0.25) is 10.2 Å². The highest BCUT2D eigenvalue weighted by atomic mass is 35.5. The van der Waals surface area contributed by atoms with Crippen molar-refractivity contribution in [2.24, 2.45) is 0 Å². The van der Waals surface area contributed by atoms with E-state index < -0.39 is 17.6 Å². The number of carbonyl (C=O) groups is 2. The summed E-state index contributed by atoms with van der Waals surface area (Å²) in [5, 5.41) is 11.7. The van der Waals surface area contributed by atoms with Crippen molar-refractivity contribution in [2.75, 3.05) is 12.4 Å². The Morgan fingerprint density at radius 2 is 1.91 bits per heavy atom. The maximum absolute atomic E-state index is 13.7. The van der Waals surface area contributed by atoms with Gasteiger partial charge >= 0.3 is 0 Å². The molecule has 0 aliphatic heterocycles. The Morgan fingerprint density at radius 1 is 1.18 bits per heavy atom. The first-order chi connectivity index (χ1) is 10.4. The molecule has 1 heterocycles. The molecule has 0 atom stereocenters. The van der Waals surface area contributed by atoms with Gasteiger partial charge in [0.1, 0.15) is 5.82 Å². The summed E-state index contributed by atoms with van der Waals surface area (Å²) in [6.45, 7) is 0. The van der Waals surface area contributed by atoms with Crippen molar-refractivity contribution < 1.29 is 14.0 Å². The molecule has 0 aliphatic carbocycles. The Kier molecular flexibility index (Phi) is 4.89. The summed E-state index contributed by atoms with van der Waals surface area (Å²) in [6.07, 6.45) is 0. The van der Waals surface area contributed by atoms with Gasteiger partial charge in [-0.15, -0.1) is 10.2 Å². The molecule has 2 N–H and O–H groups in total. The molecule has 114 valence electrons. The first-order valence-corrected chi connectivity index (χ1v) is 6.70. The molecule has 0 saturated carbocycles. The van der Waals surface area contributed by atoms with Crippen LogP contribution in [0.15, 0.2) is 24.3 Å². The second kappa shape index (κ2) is 6.67. The van der Waals surface area contributed by atoms with Crippen LogP contribution in [0.3, 0.4) is 0 Å². The molecule has 9 heteroatoms. The predicted molar refractivity (Wildman–Crippen MR) is 79.8 cm³/mol. The second-order valence-corrected chi connectivity index (χ2v) is 4.85. The zero-order valence-corrected chi connectivity index (χ0v) is 12.7. The third kappa shape index (κ3) is 3.32. The smallest absolute Gasteiger partial charge is 0.273 e. The summed E-state index contributed by atoms with van der Waals surface area (Å²) >= 11 is 11.5. The molecule has 0 fully saturated rings. The van der Waals surface area contributed by atoms with E-state index in [1.165, 1.54) is 25.2 Å². The summed E-state index contributed by atoms with van der Waals surface area (Å²) in [4.78, 5) is 23.9. The fourth-order valence-corrected chi connectivity index (χ4v) is 2.04. The van der Waals surface area contributed by atoms with E-state index in [0.29, 0.717) is 0 Å². The van der Waals surface area contributed by atoms with Crippen molar-refractivity contribution in [3.05, 3.63) is 51.5 Å². The fourth-order valence-electron chi connectivity index (χ4n) is 1.65. The number of carbonyl (C=O) groups excluding carboxylic acids is 2. The lowest BCUT2D eigenvalue weighted by molar-refractivity contribution is 0.0958. The highest BCUT2D eigenvalue weighted by molar-refractivity contribution is 6.34. The molecular formula is C13H9Cl2FN4O2. The van der Waals surface area contributed by atoms with Crippen molar-refractivity contribution in [1.82, 2.24) is 15.5 Å². The van der Waals surface area contributed by atoms with Crippen LogP contribution in [0, 0.1) is 5.82 Å². The van der Waals surface area contributed by atoms with Gasteiger partial charge in [-0.2, -0.15) is 0 Å². The Hall–Kier alpha value is -2.25. The van der Waals surface area contributed by atoms with Gasteiger partial charge in [0.2, 0.25) is 0 Å². The van der Waals surface area contributed by atoms with Crippen LogP contribution < -0.4 is 10.6 Å². The van der Waals surface area contributed by atoms with E-state index in [2.05, 4.69) is 20.8 Å². The Morgan fingerprint density at radius 3 is 2.55 bits per heavy atom. The standard InChI is InChI=1S/C13H9Cl2FN4O2/c1-17-13(22)11-8(5-9(15)19-20-11)18-12(21)10-6(14)3-2-4-7(10)16/h2-5H,1H3,(H,17,22)(H,18,19,21). The summed E-state index contributed by atoms with van der Waals surface area (Å²) in [6, 6.07) is 5.07. The summed E-state index contributed by atoms with van der Waals surface area (Å²) < 4.78 is 13.7. The van der Waals surface area contributed by atoms with Gasteiger partial charge in [-0.1, -0.05) is 29.3 Å². The number of benzene rings is 1. The van der Waals surface area contributed by atoms with Gasteiger partial charge in [0.05, 0.1) is 16.3 Å². The number of nitrogens with one attached hydrogen (secondary N) is 2. The molecule has 0 aliphatic rings. The molecule has 6 nitrogen and oxygen atoms in total. The minimum absolute atomic E-state index is 0.0105. The zero-order valence-electron chi connectivity index (χ0n) is 11.2. The van der Waals surface area contributed by atoms with E-state index in [-0.39, 0.29) is 27.1 Å². The van der Waals surface area contributed by atoms with Gasteiger partial charge in [-0.25, -0.2) is 4.39 Å². The van der Waals surface area contributed by atoms with E-state index in [1.807, 2.05) is 0 Å². The van der Waals surface area contributed by atoms with Gasteiger partial charge in [0.15, 0.2) is 10.8 Å². The number of aromatic nitrogens is 2. The number of hydrogen-bond donors (Lipinski definition) is 2. The maximum Gasteiger partial charge on any atom is 0.273 e. The third-order valence-corrected chi connectivity index (χ3v) is 3.14. The number of amides is 2. The molecule has 0 spiro atoms. The molecule has 0 unspecified atom stereocenters. The number of rotatable bonds is 3. The average molecular weight is 343 g/mol. The van der Waals surface area contributed by atoms with E-state index >= 15 is 0 Å². The summed E-state index contributed by atoms with van der Waals surface area (Å²) in [5.74, 6) is -2.21. The Balaban J connectivity index is 2.40. The molecule has 0 saturated heterocycles. The molecule has 1 aromatic carbocycles. The third-order valence-electron chi connectivity index (χ3n) is 2.64. The highest BCUT2D eigenvalue weighted by Gasteiger charge is 2.20. The van der Waals surface area contributed by atoms with Gasteiger partial charge in [-0.05, 0) is 12.1 Å². The molecule has 0 radical (unpaired) electrons. The van der Waals surface area contributed by atoms with Crippen LogP contribution in [-0.2, 0) is 0 Å². The van der Waals surface area contributed by atoms with Crippen LogP contribution in [0.25, 0.3) is 0 Å². The van der Waals surface area contributed by atoms with Crippen LogP contribution in [0.5, 0.6) is 0 Å². The Bertz CT molecular complexity index is 735. The lowest BCUT2D eigenvalue weighted by atomic mass is 10.2. The minimum Gasteiger partial charge on any atom is -0.354 e. The molecule has 2 aromatic rings. The van der Waals surface area contributed by atoms with Gasteiger partial charge in [0.25, 0.3) is 11.8 Å². The highest BCUT2D eigenvalue weighted by Crippen LogP contribution is 2.22. The van der Waals surface area contributed by atoms with Crippen LogP contribution >= 0.6 is 23.2 Å². The minimum atomic E-state index is -0.836. The van der Waals surface area contributed by atoms with Gasteiger partial charge < -0.3 is 10.6 Å². The largest absolute Gasteiger partial charge is 0.354 e. The SMILES string of the molecule is CNC(=O)c1nnc(Cl)cc1NC(=O)c1c(F)cccc1Cl. The lowest BCUT2D eigenvalue weighted by Crippen LogP contribution is -2.24. The summed E-state index contributed by atoms with van der Waals surface area (Å²) in [5.41, 5.74) is -0.517. The van der Waals surface area contributed by atoms with E-state index in [4.69, 9.17) is 23.2 Å². The molecule has 2 amide bonds. The zero-order chi connectivity index (χ0) is 16.3. The van der Waals surface area contributed by atoms with Crippen molar-refractivity contribution in [3.63, 3.8) is 0 Å². The predicted octanol–water partition coefficient (Wildman–Crippen LogP) is 2.53. The Labute approximate surface area is 134 Å². The first-order valence-electron chi connectivity index (χ1n) is 5.94. The molecule has 0 bridgehead atoms. The van der Waals surface area contributed by atoms with Crippen LogP contribution in [0.1, 0.15) is 20.8 Å². The monoisotopic (exact) mass is 342 g/mol. The number of hydrogen-bond acceptors (Lipinski definition) is 4. The lowest BCUT2D eigenvalue weighted by Gasteiger charge is -2.10. The molecule has 2 rings (SSSR count). The number of nitrogens with zero attached hydrogens (tertiary/aromatic N) is 2. The van der Waals surface area contributed by atoms with E-state index in [9.17, 15) is 14.0 Å². The van der Waals surface area contributed by atoms with Crippen molar-refractivity contribution in [1.29, 1.82) is 0 Å². The van der Waals surface area contributed by atoms with Crippen LogP contribution in [-0.4, -0.2) is 29.1 Å². The second-order valence-electron chi connectivity index (χ2n) is 4.06. The maximum atomic E-state index is 13.7. The number of halogens is 3. The van der Waals surface area contributed by atoms with E-state index in [1.54, 1.807) is 0 Å². The van der Waals surface area contributed by atoms with Crippen molar-refractivity contribution >= 4 is 40.7 Å². The molecule has 22 heavy (non-hydrogen) atoms. The first kappa shape index (κ1) is 16.1. The molecule has 1 aromatic heterocycles. The van der Waals surface area contributed by atoms with E-state index in [0.717, 1.165) is 6.07 Å². The van der Waals surface area contributed by atoms with Crippen LogP contribution in [0.4, 0.5) is 10.1 Å². The fraction of sp³-hybridized carbons (Fsp3) is 0.0769. The van der Waals surface area contributed by atoms with Crippen molar-refractivity contribution in [3.8, 4) is 0 Å². The molecular weight excluding hydrogens is 334 g/mol. The van der Waals surface area contributed by atoms with Gasteiger partial charge in [-0.3, -0.25) is 9.59 Å². The topological polar surface area (TPSA) is 84.0 Å².